The largest absolute Gasteiger partial charge is 1.00 e. The number of amides is 3. The summed E-state index contributed by atoms with van der Waals surface area (Å²) >= 11 is 0. The molecule has 3 amide bonds. The number of halogens is 1. The fourth-order valence-corrected chi connectivity index (χ4v) is 5.09. The molecule has 5 rings (SSSR count). The highest BCUT2D eigenvalue weighted by Gasteiger charge is 2.41. The summed E-state index contributed by atoms with van der Waals surface area (Å²) in [6.07, 6.45) is 2.87. The van der Waals surface area contributed by atoms with Crippen molar-refractivity contribution in [3.05, 3.63) is 65.6 Å². The van der Waals surface area contributed by atoms with E-state index in [0.717, 1.165) is 17.8 Å². The van der Waals surface area contributed by atoms with Gasteiger partial charge in [0.05, 0.1) is 18.2 Å². The van der Waals surface area contributed by atoms with E-state index < -0.39 is 35.1 Å². The van der Waals surface area contributed by atoms with Crippen LogP contribution in [0.4, 0.5) is 4.79 Å². The molecule has 1 aromatic carbocycles. The van der Waals surface area contributed by atoms with Gasteiger partial charge in [-0.3, -0.25) is 9.59 Å². The maximum absolute atomic E-state index is 13.1. The molecule has 2 aliphatic rings. The normalized spacial score (nSPS) is 15.8. The number of carbonyl (C=O) groups is 4. The predicted octanol–water partition coefficient (Wildman–Crippen LogP) is 0.494. The van der Waals surface area contributed by atoms with E-state index in [1.54, 1.807) is 50.1 Å². The van der Waals surface area contributed by atoms with Crippen LogP contribution in [-0.2, 0) is 32.6 Å². The molecule has 0 radical (unpaired) electrons. The smallest absolute Gasteiger partial charge is 0.410 e. The van der Waals surface area contributed by atoms with Gasteiger partial charge in [0.15, 0.2) is 5.75 Å². The summed E-state index contributed by atoms with van der Waals surface area (Å²) in [6.45, 7) is 11.6. The summed E-state index contributed by atoms with van der Waals surface area (Å²) in [5.41, 5.74) is 1.03. The lowest BCUT2D eigenvalue weighted by atomic mass is 9.95. The predicted molar refractivity (Wildman–Crippen MR) is 157 cm³/mol. The van der Waals surface area contributed by atoms with Crippen LogP contribution in [0.1, 0.15) is 68.0 Å². The Kier molecular flexibility index (Phi) is 9.83. The number of rotatable bonds is 8. The summed E-state index contributed by atoms with van der Waals surface area (Å²) in [5.74, 6) is -1.33. The van der Waals surface area contributed by atoms with Crippen LogP contribution in [0.25, 0.3) is 5.65 Å². The third-order valence-electron chi connectivity index (χ3n) is 7.16. The van der Waals surface area contributed by atoms with E-state index in [9.17, 15) is 19.2 Å². The molecule has 0 bridgehead atoms. The quantitative estimate of drug-likeness (QED) is 0.142. The number of nitrogens with zero attached hydrogens (tertiary/aromatic N) is 4. The topological polar surface area (TPSA) is 120 Å². The van der Waals surface area contributed by atoms with Gasteiger partial charge in [-0.15, -0.1) is 5.06 Å². The van der Waals surface area contributed by atoms with Crippen LogP contribution < -0.4 is 33.3 Å². The lowest BCUT2D eigenvalue weighted by molar-refractivity contribution is -0.652. The molecular weight excluding hydrogens is 695 g/mol. The summed E-state index contributed by atoms with van der Waals surface area (Å²) in [5, 5.41) is 0.592. The second kappa shape index (κ2) is 12.9. The van der Waals surface area contributed by atoms with Gasteiger partial charge in [-0.1, -0.05) is 12.1 Å². The maximum atomic E-state index is 13.1. The first-order valence-electron chi connectivity index (χ1n) is 14.6. The number of benzene rings is 1. The molecular formula is C32H39IN4O8. The molecule has 45 heavy (non-hydrogen) atoms. The molecule has 1 unspecified atom stereocenters. The first-order valence-corrected chi connectivity index (χ1v) is 14.6. The summed E-state index contributed by atoms with van der Waals surface area (Å²) in [4.78, 5) is 58.5. The molecule has 242 valence electrons. The van der Waals surface area contributed by atoms with Crippen LogP contribution in [0.15, 0.2) is 48.8 Å². The molecule has 1 fully saturated rings. The lowest BCUT2D eigenvalue weighted by Crippen LogP contribution is -3.00. The second-order valence-corrected chi connectivity index (χ2v) is 13.2. The number of hydrogen-bond donors (Lipinski definition) is 0. The molecule has 2 aliphatic heterocycles. The lowest BCUT2D eigenvalue weighted by Gasteiger charge is -2.39. The monoisotopic (exact) mass is 734 g/mol. The van der Waals surface area contributed by atoms with Crippen molar-refractivity contribution in [2.24, 2.45) is 13.0 Å². The fourth-order valence-electron chi connectivity index (χ4n) is 5.09. The number of aromatic nitrogens is 2. The average Bonchev–Trinajstić information content (AvgIpc) is 3.34. The van der Waals surface area contributed by atoms with Crippen LogP contribution in [0.3, 0.4) is 0 Å². The highest BCUT2D eigenvalue weighted by Crippen LogP contribution is 2.26. The summed E-state index contributed by atoms with van der Waals surface area (Å²) in [7, 11) is 1.98. The number of aryl methyl sites for hydroxylation is 1. The van der Waals surface area contributed by atoms with Gasteiger partial charge in [-0.2, -0.15) is 4.40 Å². The Labute approximate surface area is 279 Å². The van der Waals surface area contributed by atoms with Gasteiger partial charge in [0, 0.05) is 31.5 Å². The van der Waals surface area contributed by atoms with Gasteiger partial charge < -0.3 is 43.1 Å². The van der Waals surface area contributed by atoms with E-state index in [0.29, 0.717) is 29.8 Å². The zero-order chi connectivity index (χ0) is 32.0. The number of ether oxygens (including phenoxy) is 3. The standard InChI is InChI=1S/C32H39N4O8.HI/c1-31(2,3)42-29(39)25(44-36-27(37)23-10-8-9-11-24(23)28(36)38)19-41-22-12-13-26-33(7)21(17-34(26)18-22)14-20-15-35(16-20)30(40)43-32(4,5)6;/h8-13,17-18,20,25H,14-16,19H2,1-7H3;1H/q+1;/p-1. The van der Waals surface area contributed by atoms with Gasteiger partial charge >= 0.3 is 12.1 Å². The van der Waals surface area contributed by atoms with Crippen molar-refractivity contribution < 1.29 is 66.8 Å². The van der Waals surface area contributed by atoms with Crippen LogP contribution in [0.5, 0.6) is 5.75 Å². The first-order chi connectivity index (χ1) is 20.6. The van der Waals surface area contributed by atoms with Crippen molar-refractivity contribution >= 4 is 29.5 Å². The minimum Gasteiger partial charge on any atom is -1.00 e. The van der Waals surface area contributed by atoms with E-state index >= 15 is 0 Å². The first kappa shape index (κ1) is 34.2. The van der Waals surface area contributed by atoms with Crippen LogP contribution in [-0.4, -0.2) is 75.2 Å². The Morgan fingerprint density at radius 3 is 2.09 bits per heavy atom. The van der Waals surface area contributed by atoms with Gasteiger partial charge in [-0.25, -0.2) is 19.0 Å². The molecule has 13 heteroatoms. The molecule has 4 heterocycles. The minimum absolute atomic E-state index is 0. The van der Waals surface area contributed by atoms with Crippen molar-refractivity contribution in [1.82, 2.24) is 14.4 Å². The van der Waals surface area contributed by atoms with Crippen molar-refractivity contribution in [1.29, 1.82) is 0 Å². The number of imidazole rings is 1. The van der Waals surface area contributed by atoms with Crippen molar-refractivity contribution in [3.63, 3.8) is 0 Å². The average molecular weight is 735 g/mol. The Morgan fingerprint density at radius 1 is 0.911 bits per heavy atom. The molecule has 3 aromatic rings. The SMILES string of the molecule is C[n+]1c(CC2CN(C(=O)OC(C)(C)C)C2)cn2cc(OCC(ON3C(=O)c4ccccc4C3=O)C(=O)OC(C)(C)C)ccc21.[I-]. The number of hydrogen-bond acceptors (Lipinski definition) is 8. The third-order valence-corrected chi connectivity index (χ3v) is 7.16. The second-order valence-electron chi connectivity index (χ2n) is 13.2. The van der Waals surface area contributed by atoms with E-state index in [2.05, 4.69) is 4.57 Å². The Bertz CT molecular complexity index is 1580. The fraction of sp³-hybridized carbons (Fsp3) is 0.469. The number of esters is 1. The molecule has 0 N–H and O–H groups in total. The summed E-state index contributed by atoms with van der Waals surface area (Å²) in [6, 6.07) is 10.0. The van der Waals surface area contributed by atoms with E-state index in [1.165, 1.54) is 12.1 Å². The molecule has 1 saturated heterocycles. The van der Waals surface area contributed by atoms with E-state index in [1.807, 2.05) is 44.5 Å². The summed E-state index contributed by atoms with van der Waals surface area (Å²) < 4.78 is 20.9. The Balaban J connectivity index is 0.00000461. The van der Waals surface area contributed by atoms with Gasteiger partial charge in [0.25, 0.3) is 17.5 Å². The minimum atomic E-state index is -1.39. The van der Waals surface area contributed by atoms with Gasteiger partial charge in [0.2, 0.25) is 6.10 Å². The molecule has 1 atom stereocenters. The number of fused-ring (bicyclic) bond motifs is 2. The van der Waals surface area contributed by atoms with E-state index in [4.69, 9.17) is 19.0 Å². The molecule has 0 spiro atoms. The van der Waals surface area contributed by atoms with E-state index in [-0.39, 0.29) is 47.8 Å². The Hall–Kier alpha value is -3.72. The number of imide groups is 1. The maximum Gasteiger partial charge on any atom is 0.410 e. The molecule has 12 nitrogen and oxygen atoms in total. The zero-order valence-electron chi connectivity index (χ0n) is 26.5. The van der Waals surface area contributed by atoms with Crippen molar-refractivity contribution in [2.75, 3.05) is 19.7 Å². The molecule has 2 aromatic heterocycles. The van der Waals surface area contributed by atoms with Crippen LogP contribution in [0.2, 0.25) is 0 Å². The number of likely N-dealkylation sites (tertiary alicyclic amines) is 1. The van der Waals surface area contributed by atoms with Gasteiger partial charge in [0.1, 0.15) is 35.9 Å². The van der Waals surface area contributed by atoms with Crippen molar-refractivity contribution in [3.8, 4) is 5.75 Å². The molecule has 0 saturated carbocycles. The highest BCUT2D eigenvalue weighted by molar-refractivity contribution is 6.20. The molecule has 0 aliphatic carbocycles. The number of pyridine rings is 1. The number of carbonyl (C=O) groups excluding carboxylic acids is 4. The third kappa shape index (κ3) is 7.75. The Morgan fingerprint density at radius 2 is 1.51 bits per heavy atom. The van der Waals surface area contributed by atoms with Crippen LogP contribution >= 0.6 is 0 Å². The highest BCUT2D eigenvalue weighted by atomic mass is 127. The van der Waals surface area contributed by atoms with Gasteiger partial charge in [-0.05, 0) is 59.7 Å². The van der Waals surface area contributed by atoms with Crippen molar-refractivity contribution in [2.45, 2.75) is 65.3 Å². The van der Waals surface area contributed by atoms with Crippen LogP contribution in [0, 0.1) is 5.92 Å². The zero-order valence-corrected chi connectivity index (χ0v) is 28.7. The number of hydroxylamine groups is 2.